The van der Waals surface area contributed by atoms with E-state index in [4.69, 9.17) is 10.00 Å². The molecule has 120 valence electrons. The van der Waals surface area contributed by atoms with E-state index >= 15 is 0 Å². The Bertz CT molecular complexity index is 994. The van der Waals surface area contributed by atoms with E-state index in [0.717, 1.165) is 12.0 Å². The topological polar surface area (TPSA) is 75.2 Å². The van der Waals surface area contributed by atoms with Gasteiger partial charge in [0, 0.05) is 24.7 Å². The van der Waals surface area contributed by atoms with Gasteiger partial charge in [0.1, 0.15) is 17.6 Å². The normalized spacial score (nSPS) is 12.7. The second kappa shape index (κ2) is 5.76. The molecule has 1 aliphatic heterocycles. The van der Waals surface area contributed by atoms with Gasteiger partial charge in [0.05, 0.1) is 17.3 Å². The van der Waals surface area contributed by atoms with Crippen molar-refractivity contribution in [1.29, 1.82) is 5.26 Å². The van der Waals surface area contributed by atoms with Gasteiger partial charge in [-0.1, -0.05) is 6.07 Å². The molecule has 3 heterocycles. The smallest absolute Gasteiger partial charge is 0.209 e. The maximum atomic E-state index is 14.2. The van der Waals surface area contributed by atoms with Crippen molar-refractivity contribution in [3.05, 3.63) is 51.6 Å². The number of hydrogen-bond acceptors (Lipinski definition) is 5. The highest BCUT2D eigenvalue weighted by atomic mass is 79.9. The van der Waals surface area contributed by atoms with Crippen LogP contribution >= 0.6 is 15.9 Å². The summed E-state index contributed by atoms with van der Waals surface area (Å²) in [6.45, 7) is 0.790. The van der Waals surface area contributed by atoms with E-state index in [2.05, 4.69) is 31.2 Å². The zero-order chi connectivity index (χ0) is 16.7. The molecule has 3 aromatic rings. The predicted molar refractivity (Wildman–Crippen MR) is 88.3 cm³/mol. The van der Waals surface area contributed by atoms with Gasteiger partial charge in [-0.05, 0) is 27.6 Å². The van der Waals surface area contributed by atoms with Gasteiger partial charge in [-0.3, -0.25) is 4.40 Å². The Labute approximate surface area is 145 Å². The van der Waals surface area contributed by atoms with Crippen molar-refractivity contribution in [3.63, 3.8) is 0 Å². The van der Waals surface area contributed by atoms with Crippen molar-refractivity contribution in [2.24, 2.45) is 0 Å². The molecule has 0 spiro atoms. The fourth-order valence-electron chi connectivity index (χ4n) is 2.76. The minimum Gasteiger partial charge on any atom is -0.492 e. The zero-order valence-corrected chi connectivity index (χ0v) is 14.0. The van der Waals surface area contributed by atoms with Gasteiger partial charge in [-0.25, -0.2) is 14.4 Å². The second-order valence-electron chi connectivity index (χ2n) is 5.33. The number of hydrogen-bond donors (Lipinski definition) is 1. The van der Waals surface area contributed by atoms with Gasteiger partial charge in [-0.2, -0.15) is 5.26 Å². The molecule has 0 amide bonds. The van der Waals surface area contributed by atoms with Gasteiger partial charge < -0.3 is 10.1 Å². The first-order valence-corrected chi connectivity index (χ1v) is 8.07. The van der Waals surface area contributed by atoms with Crippen molar-refractivity contribution < 1.29 is 9.13 Å². The van der Waals surface area contributed by atoms with E-state index < -0.39 is 0 Å². The molecule has 0 aliphatic carbocycles. The zero-order valence-electron chi connectivity index (χ0n) is 12.4. The fourth-order valence-corrected chi connectivity index (χ4v) is 3.14. The number of imidazole rings is 1. The SMILES string of the molecule is N#Cc1cn2c(NCc3c(F)ccc4c3OCC4)ncc(Br)c2n1. The van der Waals surface area contributed by atoms with Crippen molar-refractivity contribution in [2.75, 3.05) is 11.9 Å². The third-order valence-corrected chi connectivity index (χ3v) is 4.45. The summed E-state index contributed by atoms with van der Waals surface area (Å²) in [6, 6.07) is 5.21. The Hall–Kier alpha value is -2.66. The number of anilines is 1. The van der Waals surface area contributed by atoms with Crippen LogP contribution in [0.2, 0.25) is 0 Å². The summed E-state index contributed by atoms with van der Waals surface area (Å²) in [5.41, 5.74) is 2.33. The number of aromatic nitrogens is 3. The number of benzene rings is 1. The van der Waals surface area contributed by atoms with Crippen molar-refractivity contribution in [2.45, 2.75) is 13.0 Å². The Morgan fingerprint density at radius 2 is 2.33 bits per heavy atom. The van der Waals surface area contributed by atoms with Gasteiger partial charge in [-0.15, -0.1) is 0 Å². The highest BCUT2D eigenvalue weighted by molar-refractivity contribution is 9.10. The average Bonchev–Trinajstić information content (AvgIpc) is 3.22. The van der Waals surface area contributed by atoms with E-state index in [1.165, 1.54) is 6.07 Å². The molecule has 6 nitrogen and oxygen atoms in total. The first-order chi connectivity index (χ1) is 11.7. The Balaban J connectivity index is 1.69. The molecule has 0 bridgehead atoms. The van der Waals surface area contributed by atoms with Crippen LogP contribution in [0.3, 0.4) is 0 Å². The molecule has 1 N–H and O–H groups in total. The number of fused-ring (bicyclic) bond motifs is 2. The molecule has 0 atom stereocenters. The summed E-state index contributed by atoms with van der Waals surface area (Å²) in [5, 5.41) is 12.1. The van der Waals surface area contributed by atoms with E-state index in [-0.39, 0.29) is 18.1 Å². The molecule has 0 radical (unpaired) electrons. The lowest BCUT2D eigenvalue weighted by Crippen LogP contribution is -2.08. The van der Waals surface area contributed by atoms with Gasteiger partial charge in [0.15, 0.2) is 11.3 Å². The van der Waals surface area contributed by atoms with E-state index in [1.807, 2.05) is 6.07 Å². The highest BCUT2D eigenvalue weighted by Crippen LogP contribution is 2.32. The third kappa shape index (κ3) is 2.37. The molecule has 0 unspecified atom stereocenters. The van der Waals surface area contributed by atoms with Crippen LogP contribution in [0, 0.1) is 17.1 Å². The Morgan fingerprint density at radius 3 is 3.17 bits per heavy atom. The fraction of sp³-hybridized carbons (Fsp3) is 0.188. The number of nitrogens with zero attached hydrogens (tertiary/aromatic N) is 4. The minimum atomic E-state index is -0.320. The third-order valence-electron chi connectivity index (χ3n) is 3.89. The second-order valence-corrected chi connectivity index (χ2v) is 6.18. The van der Waals surface area contributed by atoms with Crippen molar-refractivity contribution >= 4 is 27.5 Å². The lowest BCUT2D eigenvalue weighted by Gasteiger charge is -2.12. The Morgan fingerprint density at radius 1 is 1.46 bits per heavy atom. The first kappa shape index (κ1) is 14.9. The van der Waals surface area contributed by atoms with E-state index in [1.54, 1.807) is 22.9 Å². The van der Waals surface area contributed by atoms with E-state index in [9.17, 15) is 4.39 Å². The number of ether oxygens (including phenoxy) is 1. The molecule has 8 heteroatoms. The standard InChI is InChI=1S/C16H11BrFN5O/c17-12-7-21-16(23-8-10(5-19)22-15(12)23)20-6-11-13(18)2-1-9-3-4-24-14(9)11/h1-2,7-8H,3-4,6H2,(H,20,21). The molecule has 1 aliphatic rings. The summed E-state index contributed by atoms with van der Waals surface area (Å²) in [5.74, 6) is 0.760. The Kier molecular flexibility index (Phi) is 3.58. The molecular weight excluding hydrogens is 377 g/mol. The summed E-state index contributed by atoms with van der Waals surface area (Å²) < 4.78 is 22.1. The van der Waals surface area contributed by atoms with Crippen LogP contribution < -0.4 is 10.1 Å². The van der Waals surface area contributed by atoms with Crippen LogP contribution in [-0.2, 0) is 13.0 Å². The summed E-state index contributed by atoms with van der Waals surface area (Å²) in [7, 11) is 0. The number of nitrogens with one attached hydrogen (secondary N) is 1. The average molecular weight is 388 g/mol. The van der Waals surface area contributed by atoms with Crippen LogP contribution in [0.4, 0.5) is 10.3 Å². The number of nitriles is 1. The van der Waals surface area contributed by atoms with Crippen LogP contribution in [0.5, 0.6) is 5.75 Å². The summed E-state index contributed by atoms with van der Waals surface area (Å²) in [6.07, 6.45) is 3.96. The van der Waals surface area contributed by atoms with Gasteiger partial charge in [0.2, 0.25) is 5.95 Å². The first-order valence-electron chi connectivity index (χ1n) is 7.28. The van der Waals surface area contributed by atoms with Crippen LogP contribution in [0.15, 0.2) is 29.0 Å². The van der Waals surface area contributed by atoms with Crippen molar-refractivity contribution in [1.82, 2.24) is 14.4 Å². The molecule has 4 rings (SSSR count). The summed E-state index contributed by atoms with van der Waals surface area (Å²) in [4.78, 5) is 8.48. The maximum Gasteiger partial charge on any atom is 0.209 e. The number of rotatable bonds is 3. The molecule has 0 fully saturated rings. The lowest BCUT2D eigenvalue weighted by atomic mass is 10.1. The maximum absolute atomic E-state index is 14.2. The quantitative estimate of drug-likeness (QED) is 0.747. The largest absolute Gasteiger partial charge is 0.492 e. The highest BCUT2D eigenvalue weighted by Gasteiger charge is 2.20. The molecule has 0 saturated carbocycles. The molecular formula is C16H11BrFN5O. The van der Waals surface area contributed by atoms with Gasteiger partial charge >= 0.3 is 0 Å². The minimum absolute atomic E-state index is 0.221. The van der Waals surface area contributed by atoms with E-state index in [0.29, 0.717) is 34.0 Å². The predicted octanol–water partition coefficient (Wildman–Crippen LogP) is 3.05. The van der Waals surface area contributed by atoms with Crippen molar-refractivity contribution in [3.8, 4) is 11.8 Å². The van der Waals surface area contributed by atoms with Crippen LogP contribution in [-0.4, -0.2) is 21.0 Å². The van der Waals surface area contributed by atoms with Crippen LogP contribution in [0.25, 0.3) is 5.65 Å². The van der Waals surface area contributed by atoms with Gasteiger partial charge in [0.25, 0.3) is 0 Å². The number of halogens is 2. The molecule has 1 aromatic carbocycles. The monoisotopic (exact) mass is 387 g/mol. The van der Waals surface area contributed by atoms with Crippen LogP contribution in [0.1, 0.15) is 16.8 Å². The molecule has 2 aromatic heterocycles. The molecule has 0 saturated heterocycles. The molecule has 24 heavy (non-hydrogen) atoms. The summed E-state index contributed by atoms with van der Waals surface area (Å²) >= 11 is 3.36. The lowest BCUT2D eigenvalue weighted by molar-refractivity contribution is 0.351.